The number of pyridine rings is 1. The molecular weight excluding hydrogens is 446 g/mol. The molecule has 2 amide bonds. The standard InChI is InChI=1S/C27H21N3O5/c1-29(13-16-6-3-2-4-7-16)24-18-8-5-11-28-23(18)25(31)22-21(24)26(32)30(27(22)33)14-17-9-10-19-20(12-17)35-15-34-19/h2-12,31H,13-15H2,1H3. The minimum absolute atomic E-state index is 0.0168. The molecule has 4 aromatic rings. The van der Waals surface area contributed by atoms with E-state index in [0.717, 1.165) is 10.5 Å². The van der Waals surface area contributed by atoms with Crippen molar-refractivity contribution < 1.29 is 24.2 Å². The first-order valence-corrected chi connectivity index (χ1v) is 11.2. The molecule has 35 heavy (non-hydrogen) atoms. The third-order valence-corrected chi connectivity index (χ3v) is 6.35. The van der Waals surface area contributed by atoms with E-state index in [9.17, 15) is 14.7 Å². The summed E-state index contributed by atoms with van der Waals surface area (Å²) in [5.41, 5.74) is 2.78. The largest absolute Gasteiger partial charge is 0.505 e. The summed E-state index contributed by atoms with van der Waals surface area (Å²) in [5, 5.41) is 11.7. The molecule has 0 saturated heterocycles. The van der Waals surface area contributed by atoms with Gasteiger partial charge in [0.1, 0.15) is 5.52 Å². The second-order valence-electron chi connectivity index (χ2n) is 8.57. The van der Waals surface area contributed by atoms with Crippen LogP contribution in [0.15, 0.2) is 66.9 Å². The fraction of sp³-hybridized carbons (Fsp3) is 0.148. The fourth-order valence-electron chi connectivity index (χ4n) is 4.75. The molecule has 174 valence electrons. The monoisotopic (exact) mass is 467 g/mol. The van der Waals surface area contributed by atoms with Crippen LogP contribution in [0.25, 0.3) is 10.9 Å². The summed E-state index contributed by atoms with van der Waals surface area (Å²) in [5.74, 6) is -0.101. The molecule has 3 aromatic carbocycles. The molecule has 6 rings (SSSR count). The van der Waals surface area contributed by atoms with E-state index in [4.69, 9.17) is 9.47 Å². The number of aromatic nitrogens is 1. The Hall–Kier alpha value is -4.59. The van der Waals surface area contributed by atoms with Crippen LogP contribution in [0.4, 0.5) is 5.69 Å². The first-order valence-electron chi connectivity index (χ1n) is 11.2. The zero-order valence-corrected chi connectivity index (χ0v) is 18.9. The predicted molar refractivity (Wildman–Crippen MR) is 129 cm³/mol. The van der Waals surface area contributed by atoms with Crippen LogP contribution in [-0.4, -0.2) is 40.6 Å². The number of imide groups is 1. The quantitative estimate of drug-likeness (QED) is 0.442. The smallest absolute Gasteiger partial charge is 0.265 e. The molecule has 1 aromatic heterocycles. The van der Waals surface area contributed by atoms with Crippen molar-refractivity contribution >= 4 is 28.4 Å². The van der Waals surface area contributed by atoms with Gasteiger partial charge in [-0.3, -0.25) is 19.5 Å². The number of anilines is 1. The van der Waals surface area contributed by atoms with Crippen LogP contribution in [0.3, 0.4) is 0 Å². The molecule has 8 nitrogen and oxygen atoms in total. The molecule has 0 aliphatic carbocycles. The van der Waals surface area contributed by atoms with Crippen molar-refractivity contribution in [3.63, 3.8) is 0 Å². The number of phenolic OH excluding ortho intramolecular Hbond substituents is 1. The SMILES string of the molecule is CN(Cc1ccccc1)c1c2c(c(O)c3ncccc13)C(=O)N(Cc1ccc3c(c1)OCO3)C2=O. The van der Waals surface area contributed by atoms with Gasteiger partial charge in [-0.1, -0.05) is 36.4 Å². The van der Waals surface area contributed by atoms with Crippen LogP contribution >= 0.6 is 0 Å². The van der Waals surface area contributed by atoms with Gasteiger partial charge in [0.15, 0.2) is 17.2 Å². The highest BCUT2D eigenvalue weighted by Gasteiger charge is 2.42. The molecule has 0 saturated carbocycles. The molecule has 0 spiro atoms. The highest BCUT2D eigenvalue weighted by Crippen LogP contribution is 2.44. The van der Waals surface area contributed by atoms with Gasteiger partial charge in [-0.05, 0) is 35.4 Å². The van der Waals surface area contributed by atoms with E-state index in [2.05, 4.69) is 4.98 Å². The highest BCUT2D eigenvalue weighted by molar-refractivity contribution is 6.28. The molecular formula is C27H21N3O5. The summed E-state index contributed by atoms with van der Waals surface area (Å²) >= 11 is 0. The molecule has 2 aliphatic heterocycles. The van der Waals surface area contributed by atoms with E-state index in [0.29, 0.717) is 34.7 Å². The van der Waals surface area contributed by atoms with Crippen molar-refractivity contribution in [3.8, 4) is 17.2 Å². The number of phenols is 1. The van der Waals surface area contributed by atoms with Crippen molar-refractivity contribution in [2.24, 2.45) is 0 Å². The zero-order valence-electron chi connectivity index (χ0n) is 18.9. The van der Waals surface area contributed by atoms with Gasteiger partial charge in [0.2, 0.25) is 6.79 Å². The minimum Gasteiger partial charge on any atom is -0.505 e. The maximum Gasteiger partial charge on any atom is 0.265 e. The molecule has 0 unspecified atom stereocenters. The number of rotatable bonds is 5. The first kappa shape index (κ1) is 21.0. The Morgan fingerprint density at radius 1 is 0.943 bits per heavy atom. The van der Waals surface area contributed by atoms with Crippen LogP contribution in [-0.2, 0) is 13.1 Å². The summed E-state index contributed by atoms with van der Waals surface area (Å²) in [4.78, 5) is 34.6. The predicted octanol–water partition coefficient (Wildman–Crippen LogP) is 4.10. The van der Waals surface area contributed by atoms with Gasteiger partial charge in [-0.2, -0.15) is 0 Å². The van der Waals surface area contributed by atoms with E-state index in [1.54, 1.807) is 36.5 Å². The lowest BCUT2D eigenvalue weighted by Gasteiger charge is -2.24. The Morgan fingerprint density at radius 2 is 1.71 bits per heavy atom. The van der Waals surface area contributed by atoms with Crippen molar-refractivity contribution in [1.29, 1.82) is 0 Å². The number of nitrogens with zero attached hydrogens (tertiary/aromatic N) is 3. The summed E-state index contributed by atoms with van der Waals surface area (Å²) in [6.07, 6.45) is 1.56. The number of aromatic hydroxyl groups is 1. The minimum atomic E-state index is -0.554. The Morgan fingerprint density at radius 3 is 2.54 bits per heavy atom. The van der Waals surface area contributed by atoms with Gasteiger partial charge < -0.3 is 19.5 Å². The van der Waals surface area contributed by atoms with Gasteiger partial charge in [-0.25, -0.2) is 0 Å². The van der Waals surface area contributed by atoms with Crippen LogP contribution in [0.1, 0.15) is 31.8 Å². The lowest BCUT2D eigenvalue weighted by Crippen LogP contribution is -2.29. The molecule has 8 heteroatoms. The van der Waals surface area contributed by atoms with Gasteiger partial charge in [0.05, 0.1) is 23.4 Å². The van der Waals surface area contributed by atoms with Crippen LogP contribution in [0.5, 0.6) is 17.2 Å². The van der Waals surface area contributed by atoms with Crippen molar-refractivity contribution in [2.75, 3.05) is 18.7 Å². The normalized spacial score (nSPS) is 14.0. The van der Waals surface area contributed by atoms with Gasteiger partial charge in [-0.15, -0.1) is 0 Å². The van der Waals surface area contributed by atoms with Crippen LogP contribution in [0, 0.1) is 0 Å². The van der Waals surface area contributed by atoms with Crippen molar-refractivity contribution in [1.82, 2.24) is 9.88 Å². The van der Waals surface area contributed by atoms with E-state index in [-0.39, 0.29) is 35.7 Å². The Bertz CT molecular complexity index is 1500. The number of carbonyl (C=O) groups is 2. The van der Waals surface area contributed by atoms with E-state index >= 15 is 0 Å². The molecule has 2 aliphatic rings. The number of benzene rings is 3. The maximum atomic E-state index is 13.7. The third kappa shape index (κ3) is 3.33. The summed E-state index contributed by atoms with van der Waals surface area (Å²) < 4.78 is 10.8. The van der Waals surface area contributed by atoms with Crippen molar-refractivity contribution in [3.05, 3.63) is 89.1 Å². The molecule has 0 radical (unpaired) electrons. The average Bonchev–Trinajstić information content (AvgIpc) is 3.43. The lowest BCUT2D eigenvalue weighted by molar-refractivity contribution is 0.0641. The van der Waals surface area contributed by atoms with Gasteiger partial charge in [0.25, 0.3) is 11.8 Å². The van der Waals surface area contributed by atoms with E-state index in [1.165, 1.54) is 0 Å². The summed E-state index contributed by atoms with van der Waals surface area (Å²) in [6.45, 7) is 0.677. The molecule has 0 atom stereocenters. The number of ether oxygens (including phenoxy) is 2. The summed E-state index contributed by atoms with van der Waals surface area (Å²) in [7, 11) is 1.87. The van der Waals surface area contributed by atoms with E-state index in [1.807, 2.05) is 42.3 Å². The maximum absolute atomic E-state index is 13.7. The molecule has 0 bridgehead atoms. The number of hydrogen-bond donors (Lipinski definition) is 1. The highest BCUT2D eigenvalue weighted by atomic mass is 16.7. The molecule has 1 N–H and O–H groups in total. The average molecular weight is 467 g/mol. The lowest BCUT2D eigenvalue weighted by atomic mass is 9.99. The zero-order chi connectivity index (χ0) is 24.1. The second-order valence-corrected chi connectivity index (χ2v) is 8.57. The fourth-order valence-corrected chi connectivity index (χ4v) is 4.75. The molecule has 3 heterocycles. The number of fused-ring (bicyclic) bond motifs is 3. The van der Waals surface area contributed by atoms with E-state index < -0.39 is 11.8 Å². The van der Waals surface area contributed by atoms with Crippen molar-refractivity contribution in [2.45, 2.75) is 13.1 Å². The number of carbonyl (C=O) groups excluding carboxylic acids is 2. The topological polar surface area (TPSA) is 92.2 Å². The van der Waals surface area contributed by atoms with Crippen LogP contribution < -0.4 is 14.4 Å². The molecule has 0 fully saturated rings. The van der Waals surface area contributed by atoms with Crippen LogP contribution in [0.2, 0.25) is 0 Å². The second kappa shape index (κ2) is 8.02. The van der Waals surface area contributed by atoms with Gasteiger partial charge in [0, 0.05) is 25.2 Å². The number of hydrogen-bond acceptors (Lipinski definition) is 7. The third-order valence-electron chi connectivity index (χ3n) is 6.35. The summed E-state index contributed by atoms with van der Waals surface area (Å²) in [6, 6.07) is 18.7. The Labute approximate surface area is 200 Å². The Balaban J connectivity index is 1.45. The van der Waals surface area contributed by atoms with Gasteiger partial charge >= 0.3 is 0 Å². The first-order chi connectivity index (χ1) is 17.0. The number of amides is 2. The Kier molecular flexibility index (Phi) is 4.81.